The summed E-state index contributed by atoms with van der Waals surface area (Å²) >= 11 is 5.99. The van der Waals surface area contributed by atoms with Gasteiger partial charge in [0, 0.05) is 18.1 Å². The van der Waals surface area contributed by atoms with Gasteiger partial charge in [-0.05, 0) is 36.6 Å². The number of aryl methyl sites for hydroxylation is 1. The van der Waals surface area contributed by atoms with E-state index in [1.54, 1.807) is 17.1 Å². The summed E-state index contributed by atoms with van der Waals surface area (Å²) in [5.74, 6) is 0.668. The Balaban J connectivity index is 1.47. The molecule has 6 nitrogen and oxygen atoms in total. The van der Waals surface area contributed by atoms with Crippen molar-refractivity contribution in [2.45, 2.75) is 19.4 Å². The van der Waals surface area contributed by atoms with Crippen LogP contribution >= 0.6 is 11.6 Å². The molecule has 0 unspecified atom stereocenters. The molecule has 116 valence electrons. The van der Waals surface area contributed by atoms with E-state index in [0.717, 1.165) is 24.3 Å². The fourth-order valence-electron chi connectivity index (χ4n) is 2.48. The zero-order chi connectivity index (χ0) is 15.4. The van der Waals surface area contributed by atoms with Crippen LogP contribution in [0.5, 0.6) is 5.75 Å². The maximum absolute atomic E-state index is 12.2. The highest BCUT2D eigenvalue weighted by molar-refractivity contribution is 6.30. The Morgan fingerprint density at radius 3 is 3.23 bits per heavy atom. The van der Waals surface area contributed by atoms with Crippen molar-refractivity contribution in [3.63, 3.8) is 0 Å². The second-order valence-corrected chi connectivity index (χ2v) is 5.70. The van der Waals surface area contributed by atoms with E-state index in [0.29, 0.717) is 24.6 Å². The van der Waals surface area contributed by atoms with Crippen molar-refractivity contribution < 1.29 is 9.53 Å². The Morgan fingerprint density at radius 1 is 1.50 bits per heavy atom. The third kappa shape index (κ3) is 3.57. The molecule has 1 aliphatic heterocycles. The quantitative estimate of drug-likeness (QED) is 0.851. The average Bonchev–Trinajstić information content (AvgIpc) is 3.04. The number of benzene rings is 1. The Kier molecular flexibility index (Phi) is 4.58. The Hall–Kier alpha value is -2.08. The van der Waals surface area contributed by atoms with Crippen molar-refractivity contribution >= 4 is 17.5 Å². The Bertz CT molecular complexity index is 645. The highest BCUT2D eigenvalue weighted by Gasteiger charge is 2.25. The molecule has 0 fully saturated rings. The number of rotatable bonds is 5. The zero-order valence-corrected chi connectivity index (χ0v) is 12.8. The lowest BCUT2D eigenvalue weighted by Crippen LogP contribution is -2.38. The van der Waals surface area contributed by atoms with Crippen LogP contribution in [-0.2, 0) is 17.8 Å². The first-order chi connectivity index (χ1) is 10.7. The summed E-state index contributed by atoms with van der Waals surface area (Å²) in [6.07, 6.45) is 4.63. The Morgan fingerprint density at radius 2 is 2.41 bits per heavy atom. The van der Waals surface area contributed by atoms with E-state index in [9.17, 15) is 4.79 Å². The second kappa shape index (κ2) is 6.79. The standard InChI is InChI=1S/C15H17ClN4O2/c16-13-2-3-14-11(7-13)6-12(8-22-14)15(21)18-4-1-5-20-10-17-9-19-20/h2-3,7,9-10,12H,1,4-6,8H2,(H,18,21)/t12-/m1/s1. The molecule has 1 atom stereocenters. The van der Waals surface area contributed by atoms with Crippen LogP contribution in [0.15, 0.2) is 30.9 Å². The number of amides is 1. The van der Waals surface area contributed by atoms with Crippen molar-refractivity contribution in [1.29, 1.82) is 0 Å². The summed E-state index contributed by atoms with van der Waals surface area (Å²) in [4.78, 5) is 16.1. The van der Waals surface area contributed by atoms with Crippen LogP contribution in [0.1, 0.15) is 12.0 Å². The van der Waals surface area contributed by atoms with E-state index in [-0.39, 0.29) is 11.8 Å². The van der Waals surface area contributed by atoms with Crippen molar-refractivity contribution in [1.82, 2.24) is 20.1 Å². The van der Waals surface area contributed by atoms with Gasteiger partial charge in [-0.25, -0.2) is 4.98 Å². The molecule has 0 bridgehead atoms. The van der Waals surface area contributed by atoms with Crippen molar-refractivity contribution in [2.75, 3.05) is 13.2 Å². The van der Waals surface area contributed by atoms with Gasteiger partial charge in [0.25, 0.3) is 0 Å². The second-order valence-electron chi connectivity index (χ2n) is 5.27. The summed E-state index contributed by atoms with van der Waals surface area (Å²) in [6, 6.07) is 5.51. The number of carbonyl (C=O) groups excluding carboxylic acids is 1. The molecule has 0 spiro atoms. The van der Waals surface area contributed by atoms with Gasteiger partial charge in [0.05, 0.1) is 5.92 Å². The average molecular weight is 321 g/mol. The summed E-state index contributed by atoms with van der Waals surface area (Å²) in [5, 5.41) is 7.63. The van der Waals surface area contributed by atoms with Gasteiger partial charge in [-0.2, -0.15) is 5.10 Å². The molecule has 2 aromatic rings. The van der Waals surface area contributed by atoms with Gasteiger partial charge in [0.1, 0.15) is 25.0 Å². The normalized spacial score (nSPS) is 16.7. The van der Waals surface area contributed by atoms with Gasteiger partial charge in [0.2, 0.25) is 5.91 Å². The molecule has 1 aliphatic rings. The lowest BCUT2D eigenvalue weighted by atomic mass is 9.96. The number of nitrogens with one attached hydrogen (secondary N) is 1. The Labute approximate surface area is 133 Å². The predicted octanol–water partition coefficient (Wildman–Crippen LogP) is 1.69. The van der Waals surface area contributed by atoms with Gasteiger partial charge >= 0.3 is 0 Å². The molecule has 2 heterocycles. The highest BCUT2D eigenvalue weighted by Crippen LogP contribution is 2.29. The minimum absolute atomic E-state index is 0.0178. The van der Waals surface area contributed by atoms with E-state index in [1.165, 1.54) is 6.33 Å². The first kappa shape index (κ1) is 14.8. The zero-order valence-electron chi connectivity index (χ0n) is 12.0. The third-order valence-corrected chi connectivity index (χ3v) is 3.86. The highest BCUT2D eigenvalue weighted by atomic mass is 35.5. The molecule has 1 amide bonds. The number of ether oxygens (including phenoxy) is 1. The van der Waals surface area contributed by atoms with Crippen molar-refractivity contribution in [3.8, 4) is 5.75 Å². The number of hydrogen-bond acceptors (Lipinski definition) is 4. The third-order valence-electron chi connectivity index (χ3n) is 3.63. The van der Waals surface area contributed by atoms with Gasteiger partial charge in [-0.1, -0.05) is 11.6 Å². The molecule has 0 aliphatic carbocycles. The molecule has 1 aromatic carbocycles. The van der Waals surface area contributed by atoms with Gasteiger partial charge in [-0.3, -0.25) is 9.48 Å². The lowest BCUT2D eigenvalue weighted by Gasteiger charge is -2.24. The molecular weight excluding hydrogens is 304 g/mol. The van der Waals surface area contributed by atoms with Crippen LogP contribution in [0.4, 0.5) is 0 Å². The van der Waals surface area contributed by atoms with Crippen LogP contribution in [0.3, 0.4) is 0 Å². The van der Waals surface area contributed by atoms with E-state index in [4.69, 9.17) is 16.3 Å². The van der Waals surface area contributed by atoms with E-state index in [2.05, 4.69) is 15.4 Å². The minimum Gasteiger partial charge on any atom is -0.492 e. The number of hydrogen-bond donors (Lipinski definition) is 1. The summed E-state index contributed by atoms with van der Waals surface area (Å²) in [6.45, 7) is 1.75. The van der Waals surface area contributed by atoms with Gasteiger partial charge < -0.3 is 10.1 Å². The van der Waals surface area contributed by atoms with Gasteiger partial charge in [-0.15, -0.1) is 0 Å². The molecule has 1 aromatic heterocycles. The summed E-state index contributed by atoms with van der Waals surface area (Å²) in [5.41, 5.74) is 0.988. The van der Waals surface area contributed by atoms with Crippen LogP contribution in [0.25, 0.3) is 0 Å². The molecule has 0 radical (unpaired) electrons. The number of aromatic nitrogens is 3. The number of halogens is 1. The first-order valence-corrected chi connectivity index (χ1v) is 7.61. The summed E-state index contributed by atoms with van der Waals surface area (Å²) < 4.78 is 7.38. The molecule has 22 heavy (non-hydrogen) atoms. The minimum atomic E-state index is -0.169. The molecular formula is C15H17ClN4O2. The van der Waals surface area contributed by atoms with E-state index >= 15 is 0 Å². The first-order valence-electron chi connectivity index (χ1n) is 7.24. The van der Waals surface area contributed by atoms with Crippen LogP contribution in [0.2, 0.25) is 5.02 Å². The van der Waals surface area contributed by atoms with E-state index in [1.807, 2.05) is 12.1 Å². The van der Waals surface area contributed by atoms with Crippen molar-refractivity contribution in [3.05, 3.63) is 41.4 Å². The fraction of sp³-hybridized carbons (Fsp3) is 0.400. The maximum atomic E-state index is 12.2. The van der Waals surface area contributed by atoms with Crippen molar-refractivity contribution in [2.24, 2.45) is 5.92 Å². The fourth-order valence-corrected chi connectivity index (χ4v) is 2.67. The monoisotopic (exact) mass is 320 g/mol. The maximum Gasteiger partial charge on any atom is 0.226 e. The molecule has 1 N–H and O–H groups in total. The molecule has 3 rings (SSSR count). The largest absolute Gasteiger partial charge is 0.492 e. The van der Waals surface area contributed by atoms with Crippen LogP contribution in [0, 0.1) is 5.92 Å². The smallest absolute Gasteiger partial charge is 0.226 e. The summed E-state index contributed by atoms with van der Waals surface area (Å²) in [7, 11) is 0. The number of carbonyl (C=O) groups is 1. The molecule has 0 saturated heterocycles. The van der Waals surface area contributed by atoms with E-state index < -0.39 is 0 Å². The molecule has 0 saturated carbocycles. The lowest BCUT2D eigenvalue weighted by molar-refractivity contribution is -0.126. The van der Waals surface area contributed by atoms with Crippen LogP contribution < -0.4 is 10.1 Å². The number of nitrogens with zero attached hydrogens (tertiary/aromatic N) is 3. The van der Waals surface area contributed by atoms with Gasteiger partial charge in [0.15, 0.2) is 0 Å². The van der Waals surface area contributed by atoms with Crippen LogP contribution in [-0.4, -0.2) is 33.8 Å². The molecule has 7 heteroatoms. The predicted molar refractivity (Wildman–Crippen MR) is 81.8 cm³/mol. The topological polar surface area (TPSA) is 69.0 Å². The SMILES string of the molecule is O=C(NCCCn1cncn1)[C@H]1COc2ccc(Cl)cc2C1. The number of fused-ring (bicyclic) bond motifs is 1.